The summed E-state index contributed by atoms with van der Waals surface area (Å²) >= 11 is 0. The Hall–Kier alpha value is -2.29. The van der Waals surface area contributed by atoms with Crippen LogP contribution in [0.1, 0.15) is 27.7 Å². The number of benzene rings is 2. The van der Waals surface area contributed by atoms with Crippen molar-refractivity contribution >= 4 is 5.91 Å². The summed E-state index contributed by atoms with van der Waals surface area (Å²) in [5.74, 6) is 0.541. The Morgan fingerprint density at radius 3 is 2.61 bits per heavy atom. The molecule has 0 saturated heterocycles. The van der Waals surface area contributed by atoms with E-state index >= 15 is 0 Å². The second kappa shape index (κ2) is 4.18. The van der Waals surface area contributed by atoms with Crippen LogP contribution in [0.15, 0.2) is 48.5 Å². The SMILES string of the molecule is Cc1ccccc1[C@@H]1NC(=O)c2ccccc2O1. The maximum Gasteiger partial charge on any atom is 0.258 e. The first-order valence-corrected chi connectivity index (χ1v) is 5.88. The van der Waals surface area contributed by atoms with Gasteiger partial charge in [-0.25, -0.2) is 0 Å². The van der Waals surface area contributed by atoms with Gasteiger partial charge in [0, 0.05) is 5.56 Å². The first-order valence-electron chi connectivity index (χ1n) is 5.88. The van der Waals surface area contributed by atoms with Crippen molar-refractivity contribution in [1.29, 1.82) is 0 Å². The van der Waals surface area contributed by atoms with E-state index in [0.29, 0.717) is 11.3 Å². The van der Waals surface area contributed by atoms with Gasteiger partial charge in [0.05, 0.1) is 5.56 Å². The van der Waals surface area contributed by atoms with Crippen LogP contribution in [-0.2, 0) is 0 Å². The number of para-hydroxylation sites is 1. The second-order valence-corrected chi connectivity index (χ2v) is 4.32. The summed E-state index contributed by atoms with van der Waals surface area (Å²) in [7, 11) is 0. The molecule has 1 amide bonds. The van der Waals surface area contributed by atoms with Crippen molar-refractivity contribution in [2.75, 3.05) is 0 Å². The summed E-state index contributed by atoms with van der Waals surface area (Å²) in [4.78, 5) is 12.0. The van der Waals surface area contributed by atoms with Crippen molar-refractivity contribution < 1.29 is 9.53 Å². The fourth-order valence-corrected chi connectivity index (χ4v) is 2.13. The first kappa shape index (κ1) is 10.8. The molecule has 3 rings (SSSR count). The fourth-order valence-electron chi connectivity index (χ4n) is 2.13. The number of fused-ring (bicyclic) bond motifs is 1. The lowest BCUT2D eigenvalue weighted by Crippen LogP contribution is -2.37. The zero-order valence-corrected chi connectivity index (χ0v) is 10.0. The second-order valence-electron chi connectivity index (χ2n) is 4.32. The number of hydrogen-bond acceptors (Lipinski definition) is 2. The van der Waals surface area contributed by atoms with Crippen LogP contribution in [0.2, 0.25) is 0 Å². The Kier molecular flexibility index (Phi) is 2.52. The van der Waals surface area contributed by atoms with E-state index in [0.717, 1.165) is 11.1 Å². The van der Waals surface area contributed by atoms with Crippen molar-refractivity contribution in [3.8, 4) is 5.75 Å². The molecule has 1 aliphatic heterocycles. The Morgan fingerprint density at radius 1 is 1.06 bits per heavy atom. The Labute approximate surface area is 105 Å². The minimum atomic E-state index is -0.409. The molecule has 1 aliphatic rings. The van der Waals surface area contributed by atoms with Gasteiger partial charge in [0.25, 0.3) is 5.91 Å². The molecule has 0 bridgehead atoms. The van der Waals surface area contributed by atoms with Gasteiger partial charge in [0.15, 0.2) is 6.23 Å². The van der Waals surface area contributed by atoms with Crippen molar-refractivity contribution in [1.82, 2.24) is 5.32 Å². The average molecular weight is 239 g/mol. The van der Waals surface area contributed by atoms with Crippen molar-refractivity contribution in [2.24, 2.45) is 0 Å². The topological polar surface area (TPSA) is 38.3 Å². The molecule has 3 nitrogen and oxygen atoms in total. The maximum atomic E-state index is 12.0. The minimum Gasteiger partial charge on any atom is -0.466 e. The zero-order chi connectivity index (χ0) is 12.5. The predicted octanol–water partition coefficient (Wildman–Crippen LogP) is 2.82. The standard InChI is InChI=1S/C15H13NO2/c1-10-6-2-3-7-11(10)15-16-14(17)12-8-4-5-9-13(12)18-15/h2-9,15H,1H3,(H,16,17)/t15-/m1/s1. The number of aryl methyl sites for hydroxylation is 1. The highest BCUT2D eigenvalue weighted by molar-refractivity contribution is 5.98. The molecule has 3 heteroatoms. The molecule has 1 atom stereocenters. The molecular formula is C15H13NO2. The number of amides is 1. The van der Waals surface area contributed by atoms with E-state index in [1.807, 2.05) is 49.4 Å². The Morgan fingerprint density at radius 2 is 1.78 bits per heavy atom. The molecule has 18 heavy (non-hydrogen) atoms. The van der Waals surface area contributed by atoms with Gasteiger partial charge in [-0.15, -0.1) is 0 Å². The van der Waals surface area contributed by atoms with Gasteiger partial charge >= 0.3 is 0 Å². The summed E-state index contributed by atoms with van der Waals surface area (Å²) in [6, 6.07) is 15.2. The molecule has 1 N–H and O–H groups in total. The largest absolute Gasteiger partial charge is 0.466 e. The summed E-state index contributed by atoms with van der Waals surface area (Å²) in [6.45, 7) is 2.01. The molecule has 2 aromatic rings. The third-order valence-electron chi connectivity index (χ3n) is 3.11. The molecule has 2 aromatic carbocycles. The fraction of sp³-hybridized carbons (Fsp3) is 0.133. The number of rotatable bonds is 1. The van der Waals surface area contributed by atoms with Crippen molar-refractivity contribution in [3.63, 3.8) is 0 Å². The molecule has 0 aliphatic carbocycles. The van der Waals surface area contributed by atoms with Gasteiger partial charge in [-0.05, 0) is 24.6 Å². The molecule has 1 heterocycles. The molecule has 0 unspecified atom stereocenters. The molecule has 0 aromatic heterocycles. The van der Waals surface area contributed by atoms with Gasteiger partial charge in [-0.2, -0.15) is 0 Å². The highest BCUT2D eigenvalue weighted by Crippen LogP contribution is 2.29. The van der Waals surface area contributed by atoms with Gasteiger partial charge in [0.1, 0.15) is 5.75 Å². The summed E-state index contributed by atoms with van der Waals surface area (Å²) in [6.07, 6.45) is -0.409. The lowest BCUT2D eigenvalue weighted by Gasteiger charge is -2.27. The van der Waals surface area contributed by atoms with Gasteiger partial charge in [-0.1, -0.05) is 36.4 Å². The number of nitrogens with one attached hydrogen (secondary N) is 1. The predicted molar refractivity (Wildman–Crippen MR) is 68.5 cm³/mol. The molecular weight excluding hydrogens is 226 g/mol. The van der Waals surface area contributed by atoms with Crippen molar-refractivity contribution in [3.05, 3.63) is 65.2 Å². The normalized spacial score (nSPS) is 17.6. The number of carbonyl (C=O) groups excluding carboxylic acids is 1. The highest BCUT2D eigenvalue weighted by atomic mass is 16.5. The molecule has 0 saturated carbocycles. The van der Waals surface area contributed by atoms with Crippen LogP contribution >= 0.6 is 0 Å². The number of carbonyl (C=O) groups is 1. The van der Waals surface area contributed by atoms with Gasteiger partial charge in [-0.3, -0.25) is 4.79 Å². The quantitative estimate of drug-likeness (QED) is 0.831. The summed E-state index contributed by atoms with van der Waals surface area (Å²) < 4.78 is 5.84. The van der Waals surface area contributed by atoms with E-state index in [1.165, 1.54) is 0 Å². The van der Waals surface area contributed by atoms with E-state index in [4.69, 9.17) is 4.74 Å². The van der Waals surface area contributed by atoms with Gasteiger partial charge in [0.2, 0.25) is 0 Å². The maximum absolute atomic E-state index is 12.0. The van der Waals surface area contributed by atoms with E-state index in [1.54, 1.807) is 6.07 Å². The Balaban J connectivity index is 2.00. The van der Waals surface area contributed by atoms with Crippen LogP contribution in [0.25, 0.3) is 0 Å². The third kappa shape index (κ3) is 1.74. The summed E-state index contributed by atoms with van der Waals surface area (Å²) in [5, 5.41) is 2.87. The molecule has 90 valence electrons. The molecule has 0 fully saturated rings. The number of hydrogen-bond donors (Lipinski definition) is 1. The lowest BCUT2D eigenvalue weighted by atomic mass is 10.1. The van der Waals surface area contributed by atoms with Crippen LogP contribution in [0.4, 0.5) is 0 Å². The number of ether oxygens (including phenoxy) is 1. The average Bonchev–Trinajstić information content (AvgIpc) is 2.39. The monoisotopic (exact) mass is 239 g/mol. The zero-order valence-electron chi connectivity index (χ0n) is 10.0. The van der Waals surface area contributed by atoms with Crippen LogP contribution in [0, 0.1) is 6.92 Å². The van der Waals surface area contributed by atoms with Crippen LogP contribution in [0.3, 0.4) is 0 Å². The highest BCUT2D eigenvalue weighted by Gasteiger charge is 2.26. The van der Waals surface area contributed by atoms with Crippen LogP contribution in [0.5, 0.6) is 5.75 Å². The van der Waals surface area contributed by atoms with Crippen molar-refractivity contribution in [2.45, 2.75) is 13.2 Å². The minimum absolute atomic E-state index is 0.0925. The summed E-state index contributed by atoms with van der Waals surface area (Å²) in [5.41, 5.74) is 2.67. The van der Waals surface area contributed by atoms with Gasteiger partial charge < -0.3 is 10.1 Å². The molecule has 0 radical (unpaired) electrons. The van der Waals surface area contributed by atoms with E-state index in [9.17, 15) is 4.79 Å². The third-order valence-corrected chi connectivity index (χ3v) is 3.11. The lowest BCUT2D eigenvalue weighted by molar-refractivity contribution is 0.0755. The molecule has 0 spiro atoms. The van der Waals surface area contributed by atoms with E-state index in [2.05, 4.69) is 5.32 Å². The van der Waals surface area contributed by atoms with Crippen LogP contribution < -0.4 is 10.1 Å². The van der Waals surface area contributed by atoms with E-state index < -0.39 is 6.23 Å². The smallest absolute Gasteiger partial charge is 0.258 e. The first-order chi connectivity index (χ1) is 8.75. The van der Waals surface area contributed by atoms with E-state index in [-0.39, 0.29) is 5.91 Å². The van der Waals surface area contributed by atoms with Crippen LogP contribution in [-0.4, -0.2) is 5.91 Å². The Bertz CT molecular complexity index is 607.